The number of sulfonamides is 5. The van der Waals surface area contributed by atoms with Gasteiger partial charge in [0.2, 0.25) is 50.1 Å². The lowest BCUT2D eigenvalue weighted by Gasteiger charge is -2.33. The normalized spacial score (nSPS) is 16.9. The van der Waals surface area contributed by atoms with Crippen LogP contribution in [0.1, 0.15) is 38.2 Å². The maximum Gasteiger partial charge on any atom is 0.253 e. The molecular formula is C54H64N6O11S5. The fraction of sp³-hybridized carbons (Fsp3) is 0.315. The van der Waals surface area contributed by atoms with Crippen LogP contribution in [-0.2, 0) is 50.1 Å². The van der Waals surface area contributed by atoms with Gasteiger partial charge in [-0.25, -0.2) is 42.1 Å². The molecule has 0 saturated carbocycles. The summed E-state index contributed by atoms with van der Waals surface area (Å²) in [6.45, 7) is 3.47. The fourth-order valence-electron chi connectivity index (χ4n) is 8.49. The largest absolute Gasteiger partial charge is 0.336 e. The number of benzene rings is 6. The Hall–Kier alpha value is -5.66. The maximum absolute atomic E-state index is 14.8. The molecule has 6 aromatic carbocycles. The highest BCUT2D eigenvalue weighted by Gasteiger charge is 2.36. The van der Waals surface area contributed by atoms with Crippen molar-refractivity contribution in [3.8, 4) is 0 Å². The highest BCUT2D eigenvalue weighted by atomic mass is 32.2. The van der Waals surface area contributed by atoms with Crippen molar-refractivity contribution in [1.82, 2.24) is 26.4 Å². The van der Waals surface area contributed by atoms with E-state index in [1.807, 2.05) is 0 Å². The van der Waals surface area contributed by atoms with Crippen LogP contribution in [-0.4, -0.2) is 153 Å². The smallest absolute Gasteiger partial charge is 0.253 e. The standard InChI is InChI=1S/C54H64N6O11S5/c1-43-11-21-49(22-12-43)72(62,63)56-33-31-55(54(61)48-9-7-6-8-10-48)32-34-57(73(64,65)50-23-13-44(2)14-24-50)36-38-59(75(68,69)52-27-17-46(4)18-28-52)40-42-60(76(70,71)53-29-19-47(5)20-30-53)41-39-58(37-35-56)74(66,67)51-25-15-45(3)16-26-51/h6-30H,31-42H2,1-5H3. The second-order valence-electron chi connectivity index (χ2n) is 18.7. The third kappa shape index (κ3) is 13.7. The van der Waals surface area contributed by atoms with Gasteiger partial charge >= 0.3 is 0 Å². The zero-order valence-corrected chi connectivity index (χ0v) is 47.2. The molecule has 0 spiro atoms. The van der Waals surface area contributed by atoms with E-state index in [0.29, 0.717) is 0 Å². The third-order valence-electron chi connectivity index (χ3n) is 13.2. The van der Waals surface area contributed by atoms with Gasteiger partial charge in [-0.1, -0.05) is 107 Å². The minimum absolute atomic E-state index is 0.106. The average Bonchev–Trinajstić information content (AvgIpc) is 3.38. The minimum atomic E-state index is -4.53. The van der Waals surface area contributed by atoms with Crippen molar-refractivity contribution in [2.24, 2.45) is 0 Å². The topological polar surface area (TPSA) is 207 Å². The Bertz CT molecular complexity index is 3360. The van der Waals surface area contributed by atoms with E-state index >= 15 is 0 Å². The molecule has 22 heteroatoms. The average molecular weight is 1130 g/mol. The molecule has 0 bridgehead atoms. The molecule has 7 rings (SSSR count). The first-order chi connectivity index (χ1) is 35.9. The summed E-state index contributed by atoms with van der Waals surface area (Å²) in [4.78, 5) is 15.3. The van der Waals surface area contributed by atoms with E-state index in [0.717, 1.165) is 49.3 Å². The number of aryl methyl sites for hydroxylation is 5. The quantitative estimate of drug-likeness (QED) is 0.144. The zero-order chi connectivity index (χ0) is 55.1. The van der Waals surface area contributed by atoms with Gasteiger partial charge < -0.3 is 4.90 Å². The number of carbonyl (C=O) groups excluding carboxylic acids is 1. The van der Waals surface area contributed by atoms with Crippen LogP contribution in [0, 0.1) is 34.6 Å². The number of hydrogen-bond acceptors (Lipinski definition) is 11. The molecule has 1 aliphatic heterocycles. The first-order valence-electron chi connectivity index (χ1n) is 24.6. The Morgan fingerprint density at radius 3 is 0.658 bits per heavy atom. The Morgan fingerprint density at radius 1 is 0.276 bits per heavy atom. The van der Waals surface area contributed by atoms with Crippen molar-refractivity contribution in [2.75, 3.05) is 78.5 Å². The van der Waals surface area contributed by atoms with Crippen molar-refractivity contribution in [1.29, 1.82) is 0 Å². The van der Waals surface area contributed by atoms with Crippen molar-refractivity contribution < 1.29 is 46.9 Å². The summed E-state index contributed by atoms with van der Waals surface area (Å²) in [7, 11) is -22.5. The van der Waals surface area contributed by atoms with E-state index in [4.69, 9.17) is 0 Å². The lowest BCUT2D eigenvalue weighted by atomic mass is 10.2. The van der Waals surface area contributed by atoms with Crippen LogP contribution >= 0.6 is 0 Å². The number of hydrogen-bond donors (Lipinski definition) is 0. The van der Waals surface area contributed by atoms with Crippen LogP contribution in [0.25, 0.3) is 0 Å². The molecule has 1 saturated heterocycles. The molecule has 1 fully saturated rings. The predicted molar refractivity (Wildman–Crippen MR) is 292 cm³/mol. The predicted octanol–water partition coefficient (Wildman–Crippen LogP) is 6.14. The van der Waals surface area contributed by atoms with E-state index in [1.165, 1.54) is 65.6 Å². The van der Waals surface area contributed by atoms with E-state index in [-0.39, 0.29) is 43.1 Å². The van der Waals surface area contributed by atoms with Gasteiger partial charge in [0.05, 0.1) is 24.5 Å². The molecule has 0 N–H and O–H groups in total. The van der Waals surface area contributed by atoms with E-state index in [2.05, 4.69) is 0 Å². The van der Waals surface area contributed by atoms with Gasteiger partial charge in [-0.3, -0.25) is 4.79 Å². The third-order valence-corrected chi connectivity index (χ3v) is 22.8. The van der Waals surface area contributed by atoms with Crippen LogP contribution in [0.15, 0.2) is 176 Å². The molecule has 406 valence electrons. The second kappa shape index (κ2) is 24.3. The van der Waals surface area contributed by atoms with Gasteiger partial charge in [0, 0.05) is 84.1 Å². The Balaban J connectivity index is 1.40. The molecule has 0 atom stereocenters. The summed E-state index contributed by atoms with van der Waals surface area (Å²) in [5.41, 5.74) is 4.06. The van der Waals surface area contributed by atoms with Crippen LogP contribution in [0.4, 0.5) is 0 Å². The van der Waals surface area contributed by atoms with Gasteiger partial charge in [0.15, 0.2) is 0 Å². The second-order valence-corrected chi connectivity index (χ2v) is 28.4. The summed E-state index contributed by atoms with van der Waals surface area (Å²) >= 11 is 0. The molecule has 6 aromatic rings. The van der Waals surface area contributed by atoms with Crippen LogP contribution < -0.4 is 0 Å². The van der Waals surface area contributed by atoms with Crippen molar-refractivity contribution in [3.05, 3.63) is 185 Å². The molecule has 0 unspecified atom stereocenters. The summed E-state index contributed by atoms with van der Waals surface area (Å²) in [6, 6.07) is 38.3. The zero-order valence-electron chi connectivity index (χ0n) is 43.1. The minimum Gasteiger partial charge on any atom is -0.336 e. The monoisotopic (exact) mass is 1130 g/mol. The highest BCUT2D eigenvalue weighted by Crippen LogP contribution is 2.25. The highest BCUT2D eigenvalue weighted by molar-refractivity contribution is 7.90. The molecule has 0 aromatic heterocycles. The fourth-order valence-corrected chi connectivity index (χ4v) is 15.6. The Kier molecular flexibility index (Phi) is 18.6. The van der Waals surface area contributed by atoms with Crippen molar-refractivity contribution in [2.45, 2.75) is 59.1 Å². The summed E-state index contributed by atoms with van der Waals surface area (Å²) in [5.74, 6) is -0.558. The molecule has 0 aliphatic carbocycles. The first kappa shape index (κ1) is 58.0. The molecule has 76 heavy (non-hydrogen) atoms. The van der Waals surface area contributed by atoms with Crippen LogP contribution in [0.5, 0.6) is 0 Å². The van der Waals surface area contributed by atoms with Crippen molar-refractivity contribution >= 4 is 56.0 Å². The number of amides is 1. The Morgan fingerprint density at radius 2 is 0.461 bits per heavy atom. The number of carbonyl (C=O) groups is 1. The van der Waals surface area contributed by atoms with Gasteiger partial charge in [0.1, 0.15) is 0 Å². The van der Waals surface area contributed by atoms with Crippen molar-refractivity contribution in [3.63, 3.8) is 0 Å². The molecule has 1 amide bonds. The number of rotatable bonds is 11. The lowest BCUT2D eigenvalue weighted by molar-refractivity contribution is 0.0739. The van der Waals surface area contributed by atoms with Gasteiger partial charge in [-0.15, -0.1) is 0 Å². The first-order valence-corrected chi connectivity index (χ1v) is 31.8. The summed E-state index contributed by atoms with van der Waals surface area (Å²) in [5, 5.41) is 0. The van der Waals surface area contributed by atoms with Crippen LogP contribution in [0.2, 0.25) is 0 Å². The van der Waals surface area contributed by atoms with Gasteiger partial charge in [-0.05, 0) is 107 Å². The van der Waals surface area contributed by atoms with E-state index in [1.54, 1.807) is 126 Å². The summed E-state index contributed by atoms with van der Waals surface area (Å²) in [6.07, 6.45) is 0. The summed E-state index contributed by atoms with van der Waals surface area (Å²) < 4.78 is 153. The van der Waals surface area contributed by atoms with E-state index in [9.17, 15) is 46.9 Å². The molecule has 0 radical (unpaired) electrons. The SMILES string of the molecule is Cc1ccc(S(=O)(=O)N2CCN(C(=O)c3ccccc3)CCN(S(=O)(=O)c3ccc(C)cc3)CCN(S(=O)(=O)c3ccc(C)cc3)CCN(S(=O)(=O)c3ccc(C)cc3)CCN(S(=O)(=O)c3ccc(C)cc3)CC2)cc1. The molecular weight excluding hydrogens is 1070 g/mol. The van der Waals surface area contributed by atoms with Gasteiger partial charge in [0.25, 0.3) is 5.91 Å². The van der Waals surface area contributed by atoms with Crippen LogP contribution in [0.3, 0.4) is 0 Å². The molecule has 1 aliphatic rings. The molecule has 1 heterocycles. The maximum atomic E-state index is 14.8. The lowest BCUT2D eigenvalue weighted by Crippen LogP contribution is -2.50. The number of nitrogens with zero attached hydrogens (tertiary/aromatic N) is 6. The Labute approximate surface area is 449 Å². The molecule has 17 nitrogen and oxygen atoms in total. The van der Waals surface area contributed by atoms with Gasteiger partial charge in [-0.2, -0.15) is 21.5 Å². The van der Waals surface area contributed by atoms with E-state index < -0.39 is 121 Å².